The normalized spacial score (nSPS) is 11.4. The highest BCUT2D eigenvalue weighted by molar-refractivity contribution is 9.10. The summed E-state index contributed by atoms with van der Waals surface area (Å²) in [7, 11) is 0. The molecule has 0 aliphatic heterocycles. The zero-order valence-corrected chi connectivity index (χ0v) is 15.5. The van der Waals surface area contributed by atoms with Gasteiger partial charge in [0.1, 0.15) is 5.82 Å². The van der Waals surface area contributed by atoms with E-state index in [2.05, 4.69) is 26.6 Å². The van der Waals surface area contributed by atoms with Crippen LogP contribution in [0, 0.1) is 31.0 Å². The topological polar surface area (TPSA) is 28.7 Å². The molecule has 124 valence electrons. The van der Waals surface area contributed by atoms with Crippen LogP contribution in [0.5, 0.6) is 0 Å². The SMILES string of the molecule is Cc1cc(/C=C(/C#N)c2ccc(Br)cc2)c(C)n1-c1ccc(F)cc1. The molecule has 0 unspecified atom stereocenters. The van der Waals surface area contributed by atoms with Crippen LogP contribution in [0.15, 0.2) is 59.1 Å². The summed E-state index contributed by atoms with van der Waals surface area (Å²) in [4.78, 5) is 0. The van der Waals surface area contributed by atoms with Crippen LogP contribution in [0.2, 0.25) is 0 Å². The van der Waals surface area contributed by atoms with Crippen LogP contribution in [0.3, 0.4) is 0 Å². The Bertz CT molecular complexity index is 974. The largest absolute Gasteiger partial charge is 0.318 e. The van der Waals surface area contributed by atoms with Gasteiger partial charge in [0, 0.05) is 21.5 Å². The van der Waals surface area contributed by atoms with Crippen LogP contribution < -0.4 is 0 Å². The Labute approximate surface area is 155 Å². The van der Waals surface area contributed by atoms with Gasteiger partial charge >= 0.3 is 0 Å². The van der Waals surface area contributed by atoms with E-state index in [0.717, 1.165) is 32.7 Å². The number of nitriles is 1. The molecule has 3 rings (SSSR count). The number of nitrogens with zero attached hydrogens (tertiary/aromatic N) is 2. The molecular formula is C21H16BrFN2. The molecular weight excluding hydrogens is 379 g/mol. The molecule has 0 bridgehead atoms. The summed E-state index contributed by atoms with van der Waals surface area (Å²) in [5, 5.41) is 9.55. The molecule has 0 saturated carbocycles. The van der Waals surface area contributed by atoms with Crippen molar-refractivity contribution in [3.8, 4) is 11.8 Å². The van der Waals surface area contributed by atoms with Gasteiger partial charge in [-0.25, -0.2) is 4.39 Å². The second-order valence-electron chi connectivity index (χ2n) is 5.82. The summed E-state index contributed by atoms with van der Waals surface area (Å²) in [5.74, 6) is -0.256. The van der Waals surface area contributed by atoms with Gasteiger partial charge in [0.15, 0.2) is 0 Å². The van der Waals surface area contributed by atoms with Crippen molar-refractivity contribution in [1.82, 2.24) is 4.57 Å². The van der Waals surface area contributed by atoms with Crippen LogP contribution in [0.1, 0.15) is 22.5 Å². The third kappa shape index (κ3) is 3.57. The van der Waals surface area contributed by atoms with Crippen molar-refractivity contribution in [2.75, 3.05) is 0 Å². The fourth-order valence-electron chi connectivity index (χ4n) is 2.89. The third-order valence-electron chi connectivity index (χ3n) is 4.13. The molecule has 0 N–H and O–H groups in total. The first-order valence-electron chi connectivity index (χ1n) is 7.82. The van der Waals surface area contributed by atoms with E-state index < -0.39 is 0 Å². The van der Waals surface area contributed by atoms with E-state index in [1.54, 1.807) is 12.1 Å². The molecule has 25 heavy (non-hydrogen) atoms. The number of benzene rings is 2. The number of hydrogen-bond acceptors (Lipinski definition) is 1. The number of rotatable bonds is 3. The maximum absolute atomic E-state index is 13.2. The van der Waals surface area contributed by atoms with E-state index in [9.17, 15) is 9.65 Å². The molecule has 2 nitrogen and oxygen atoms in total. The van der Waals surface area contributed by atoms with E-state index in [4.69, 9.17) is 0 Å². The molecule has 1 aromatic heterocycles. The van der Waals surface area contributed by atoms with E-state index in [1.807, 2.05) is 50.3 Å². The van der Waals surface area contributed by atoms with Crippen molar-refractivity contribution in [3.63, 3.8) is 0 Å². The Morgan fingerprint density at radius 3 is 2.32 bits per heavy atom. The van der Waals surface area contributed by atoms with Gasteiger partial charge in [-0.2, -0.15) is 5.26 Å². The molecule has 0 radical (unpaired) electrons. The number of halogens is 2. The van der Waals surface area contributed by atoms with Crippen molar-refractivity contribution in [2.45, 2.75) is 13.8 Å². The fourth-order valence-corrected chi connectivity index (χ4v) is 3.15. The fraction of sp³-hybridized carbons (Fsp3) is 0.0952. The first kappa shape index (κ1) is 17.2. The van der Waals surface area contributed by atoms with Crippen LogP contribution in [-0.2, 0) is 0 Å². The van der Waals surface area contributed by atoms with E-state index in [1.165, 1.54) is 12.1 Å². The zero-order valence-electron chi connectivity index (χ0n) is 13.9. The van der Waals surface area contributed by atoms with Gasteiger partial charge in [0.2, 0.25) is 0 Å². The van der Waals surface area contributed by atoms with Crippen LogP contribution in [-0.4, -0.2) is 4.57 Å². The number of aromatic nitrogens is 1. The molecule has 2 aromatic carbocycles. The number of aryl methyl sites for hydroxylation is 1. The van der Waals surface area contributed by atoms with Gasteiger partial charge in [0.25, 0.3) is 0 Å². The monoisotopic (exact) mass is 394 g/mol. The molecule has 0 fully saturated rings. The van der Waals surface area contributed by atoms with Crippen molar-refractivity contribution in [1.29, 1.82) is 5.26 Å². The van der Waals surface area contributed by atoms with Gasteiger partial charge in [-0.3, -0.25) is 0 Å². The van der Waals surface area contributed by atoms with Gasteiger partial charge < -0.3 is 4.57 Å². The molecule has 0 saturated heterocycles. The lowest BCUT2D eigenvalue weighted by Crippen LogP contribution is -1.99. The summed E-state index contributed by atoms with van der Waals surface area (Å²) in [6, 6.07) is 18.4. The summed E-state index contributed by atoms with van der Waals surface area (Å²) < 4.78 is 16.2. The molecule has 0 amide bonds. The Balaban J connectivity index is 2.06. The van der Waals surface area contributed by atoms with Crippen LogP contribution in [0.4, 0.5) is 4.39 Å². The Hall–Kier alpha value is -2.64. The number of allylic oxidation sites excluding steroid dienone is 1. The zero-order chi connectivity index (χ0) is 18.0. The van der Waals surface area contributed by atoms with E-state index in [0.29, 0.717) is 5.57 Å². The van der Waals surface area contributed by atoms with Crippen LogP contribution in [0.25, 0.3) is 17.3 Å². The minimum absolute atomic E-state index is 0.256. The van der Waals surface area contributed by atoms with Crippen LogP contribution >= 0.6 is 15.9 Å². The minimum atomic E-state index is -0.256. The molecule has 3 aromatic rings. The second kappa shape index (κ2) is 7.08. The quantitative estimate of drug-likeness (QED) is 0.496. The number of hydrogen-bond donors (Lipinski definition) is 0. The van der Waals surface area contributed by atoms with Gasteiger partial charge in [-0.1, -0.05) is 28.1 Å². The second-order valence-corrected chi connectivity index (χ2v) is 6.73. The molecule has 1 heterocycles. The molecule has 4 heteroatoms. The molecule has 0 aliphatic rings. The highest BCUT2D eigenvalue weighted by Gasteiger charge is 2.11. The molecule has 0 spiro atoms. The van der Waals surface area contributed by atoms with Crippen molar-refractivity contribution < 1.29 is 4.39 Å². The maximum atomic E-state index is 13.2. The summed E-state index contributed by atoms with van der Waals surface area (Å²) in [5.41, 5.74) is 5.39. The molecule has 0 aliphatic carbocycles. The summed E-state index contributed by atoms with van der Waals surface area (Å²) in [6.07, 6.45) is 1.89. The lowest BCUT2D eigenvalue weighted by molar-refractivity contribution is 0.627. The van der Waals surface area contributed by atoms with Crippen molar-refractivity contribution in [3.05, 3.63) is 87.4 Å². The predicted molar refractivity (Wildman–Crippen MR) is 103 cm³/mol. The lowest BCUT2D eigenvalue weighted by Gasteiger charge is -2.09. The first-order chi connectivity index (χ1) is 12.0. The highest BCUT2D eigenvalue weighted by Crippen LogP contribution is 2.26. The third-order valence-corrected chi connectivity index (χ3v) is 4.66. The van der Waals surface area contributed by atoms with Gasteiger partial charge in [-0.15, -0.1) is 0 Å². The predicted octanol–water partition coefficient (Wildman–Crippen LogP) is 6.06. The molecule has 0 atom stereocenters. The maximum Gasteiger partial charge on any atom is 0.123 e. The Kier molecular flexibility index (Phi) is 4.87. The van der Waals surface area contributed by atoms with E-state index in [-0.39, 0.29) is 5.82 Å². The first-order valence-corrected chi connectivity index (χ1v) is 8.61. The smallest absolute Gasteiger partial charge is 0.123 e. The highest BCUT2D eigenvalue weighted by atomic mass is 79.9. The van der Waals surface area contributed by atoms with Gasteiger partial charge in [-0.05, 0) is 73.5 Å². The minimum Gasteiger partial charge on any atom is -0.318 e. The van der Waals surface area contributed by atoms with E-state index >= 15 is 0 Å². The van der Waals surface area contributed by atoms with Crippen molar-refractivity contribution >= 4 is 27.6 Å². The average molecular weight is 395 g/mol. The Morgan fingerprint density at radius 2 is 1.72 bits per heavy atom. The van der Waals surface area contributed by atoms with Gasteiger partial charge in [0.05, 0.1) is 11.6 Å². The standard InChI is InChI=1S/C21H16BrFN2/c1-14-11-17(12-18(13-24)16-3-5-19(22)6-4-16)15(2)25(14)21-9-7-20(23)8-10-21/h3-12H,1-2H3/b18-12-. The lowest BCUT2D eigenvalue weighted by atomic mass is 10.0. The summed E-state index contributed by atoms with van der Waals surface area (Å²) in [6.45, 7) is 4.00. The Morgan fingerprint density at radius 1 is 1.08 bits per heavy atom. The summed E-state index contributed by atoms with van der Waals surface area (Å²) >= 11 is 3.41. The van der Waals surface area contributed by atoms with Crippen molar-refractivity contribution in [2.24, 2.45) is 0 Å². The average Bonchev–Trinajstić information content (AvgIpc) is 2.88.